The van der Waals surface area contributed by atoms with Gasteiger partial charge in [0, 0.05) is 30.7 Å². The first-order valence-corrected chi connectivity index (χ1v) is 20.3. The lowest BCUT2D eigenvalue weighted by atomic mass is 10.0. The van der Waals surface area contributed by atoms with E-state index in [0.717, 1.165) is 39.3 Å². The largest absolute Gasteiger partial charge is 0.435 e. The van der Waals surface area contributed by atoms with Crippen LogP contribution < -0.4 is 4.90 Å². The van der Waals surface area contributed by atoms with Crippen molar-refractivity contribution in [1.82, 2.24) is 9.97 Å². The van der Waals surface area contributed by atoms with Gasteiger partial charge in [-0.05, 0) is 78.4 Å². The molecule has 0 unspecified atom stereocenters. The molecule has 56 heavy (non-hydrogen) atoms. The van der Waals surface area contributed by atoms with Crippen molar-refractivity contribution in [3.8, 4) is 34.0 Å². The van der Waals surface area contributed by atoms with Crippen LogP contribution in [0.4, 0.5) is 17.1 Å². The Balaban J connectivity index is 1.30. The third-order valence-electron chi connectivity index (χ3n) is 10.6. The number of oxazole rings is 2. The molecule has 0 saturated heterocycles. The number of rotatable bonds is 6. The Labute approximate surface area is 325 Å². The van der Waals surface area contributed by atoms with Gasteiger partial charge in [-0.25, -0.2) is 9.97 Å². The molecule has 1 aliphatic rings. The van der Waals surface area contributed by atoms with E-state index in [9.17, 15) is 0 Å². The highest BCUT2D eigenvalue weighted by Crippen LogP contribution is 2.79. The number of aromatic nitrogens is 2. The van der Waals surface area contributed by atoms with E-state index < -0.39 is 10.0 Å². The quantitative estimate of drug-likeness (QED) is 0.170. The van der Waals surface area contributed by atoms with Gasteiger partial charge >= 0.3 is 0 Å². The van der Waals surface area contributed by atoms with Gasteiger partial charge in [-0.1, -0.05) is 127 Å². The third-order valence-corrected chi connectivity index (χ3v) is 14.5. The van der Waals surface area contributed by atoms with Crippen LogP contribution in [-0.2, 0) is 0 Å². The fraction of sp³-hybridized carbons (Fsp3) is 0. The Bertz CT molecular complexity index is 2830. The van der Waals surface area contributed by atoms with Crippen LogP contribution in [0.25, 0.3) is 56.2 Å². The number of hydrogen-bond acceptors (Lipinski definition) is 5. The highest BCUT2D eigenvalue weighted by molar-refractivity contribution is 8.34. The van der Waals surface area contributed by atoms with Crippen molar-refractivity contribution in [3.05, 3.63) is 200 Å². The van der Waals surface area contributed by atoms with E-state index in [0.29, 0.717) is 34.0 Å². The summed E-state index contributed by atoms with van der Waals surface area (Å²) in [5.41, 5.74) is 9.14. The number of hydrogen-bond donors (Lipinski definition) is 0. The molecule has 10 aromatic rings. The minimum Gasteiger partial charge on any atom is -0.435 e. The number of fused-ring (bicyclic) bond motifs is 4. The Kier molecular flexibility index (Phi) is 7.50. The van der Waals surface area contributed by atoms with Gasteiger partial charge in [-0.2, -0.15) is 0 Å². The van der Waals surface area contributed by atoms with Crippen molar-refractivity contribution in [1.29, 1.82) is 0 Å². The molecule has 266 valence electrons. The molecule has 5 nitrogen and oxygen atoms in total. The summed E-state index contributed by atoms with van der Waals surface area (Å²) in [6.07, 6.45) is 0. The van der Waals surface area contributed by atoms with Crippen LogP contribution in [0, 0.1) is 0 Å². The maximum Gasteiger partial charge on any atom is 0.227 e. The zero-order valence-electron chi connectivity index (χ0n) is 30.1. The van der Waals surface area contributed by atoms with E-state index in [1.165, 1.54) is 19.6 Å². The van der Waals surface area contributed by atoms with Gasteiger partial charge in [0.05, 0.1) is 16.9 Å². The predicted octanol–water partition coefficient (Wildman–Crippen LogP) is 14.1. The third kappa shape index (κ3) is 4.83. The Morgan fingerprint density at radius 3 is 1.27 bits per heavy atom. The average molecular weight is 740 g/mol. The van der Waals surface area contributed by atoms with Gasteiger partial charge in [0.25, 0.3) is 0 Å². The molecule has 11 rings (SSSR count). The monoisotopic (exact) mass is 739 g/mol. The second-order valence-corrected chi connectivity index (χ2v) is 16.8. The molecule has 3 heterocycles. The molecule has 0 spiro atoms. The molecule has 0 aliphatic carbocycles. The maximum atomic E-state index is 7.05. The lowest BCUT2D eigenvalue weighted by molar-refractivity contribution is 0.618. The van der Waals surface area contributed by atoms with Crippen molar-refractivity contribution < 1.29 is 8.83 Å². The van der Waals surface area contributed by atoms with E-state index in [1.54, 1.807) is 0 Å². The number of anilines is 3. The summed E-state index contributed by atoms with van der Waals surface area (Å²) in [5, 5.41) is 0. The lowest BCUT2D eigenvalue weighted by Crippen LogP contribution is -2.22. The molecule has 0 fully saturated rings. The van der Waals surface area contributed by atoms with Crippen molar-refractivity contribution >= 4 is 49.3 Å². The highest BCUT2D eigenvalue weighted by atomic mass is 32.3. The van der Waals surface area contributed by atoms with Crippen LogP contribution in [0.3, 0.4) is 0 Å². The molecule has 0 atom stereocenters. The SMILES string of the molecule is c1ccc(-c2nc3c(N4c5ccccc5S(c5ccccc5)(c5ccccc5)c5ccccc54)c4oc(-c5ccccc5)nc4c(-c4ccccc4)c3o2)cc1. The van der Waals surface area contributed by atoms with Crippen molar-refractivity contribution in [2.24, 2.45) is 0 Å². The van der Waals surface area contributed by atoms with Gasteiger partial charge in [-0.3, -0.25) is 0 Å². The van der Waals surface area contributed by atoms with Gasteiger partial charge in [0.2, 0.25) is 11.8 Å². The van der Waals surface area contributed by atoms with Gasteiger partial charge in [-0.15, -0.1) is 10.0 Å². The zero-order valence-corrected chi connectivity index (χ0v) is 30.9. The van der Waals surface area contributed by atoms with Crippen LogP contribution in [-0.4, -0.2) is 9.97 Å². The average Bonchev–Trinajstić information content (AvgIpc) is 3.92. The maximum absolute atomic E-state index is 7.05. The molecule has 0 N–H and O–H groups in total. The highest BCUT2D eigenvalue weighted by Gasteiger charge is 2.44. The zero-order chi connectivity index (χ0) is 37.1. The Morgan fingerprint density at radius 1 is 0.375 bits per heavy atom. The Hall–Kier alpha value is -7.15. The van der Waals surface area contributed by atoms with E-state index in [2.05, 4.69) is 126 Å². The van der Waals surface area contributed by atoms with Gasteiger partial charge in [0.1, 0.15) is 16.7 Å². The first kappa shape index (κ1) is 32.3. The smallest absolute Gasteiger partial charge is 0.227 e. The van der Waals surface area contributed by atoms with E-state index in [-0.39, 0.29) is 0 Å². The standard InChI is InChI=1S/C50H33N3O2S/c1-6-20-34(21-7-1)43-44-48(55-49(51-44)35-22-8-2-9-23-35)46(45-47(43)54-50(52-45)36-24-10-3-11-25-36)53-39-30-16-18-32-41(39)56(37-26-12-4-13-27-37,38-28-14-5-15-29-38)42-33-19-17-31-40(42)53/h1-33H. The van der Waals surface area contributed by atoms with Crippen LogP contribution >= 0.6 is 10.0 Å². The lowest BCUT2D eigenvalue weighted by Gasteiger charge is -2.49. The minimum atomic E-state index is -1.98. The van der Waals surface area contributed by atoms with Crippen LogP contribution in [0.15, 0.2) is 229 Å². The first-order valence-electron chi connectivity index (χ1n) is 18.7. The summed E-state index contributed by atoms with van der Waals surface area (Å²) in [7, 11) is -1.98. The summed E-state index contributed by atoms with van der Waals surface area (Å²) < 4.78 is 14.0. The molecular weight excluding hydrogens is 707 g/mol. The van der Waals surface area contributed by atoms with Crippen molar-refractivity contribution in [2.45, 2.75) is 19.6 Å². The fourth-order valence-electron chi connectivity index (χ4n) is 8.19. The molecule has 0 radical (unpaired) electrons. The minimum absolute atomic E-state index is 0.530. The molecule has 0 bridgehead atoms. The van der Waals surface area contributed by atoms with E-state index in [4.69, 9.17) is 18.8 Å². The predicted molar refractivity (Wildman–Crippen MR) is 226 cm³/mol. The summed E-state index contributed by atoms with van der Waals surface area (Å²) in [5.74, 6) is 1.06. The van der Waals surface area contributed by atoms with Gasteiger partial charge < -0.3 is 13.7 Å². The number of benzene rings is 8. The molecule has 8 aromatic carbocycles. The topological polar surface area (TPSA) is 55.3 Å². The summed E-state index contributed by atoms with van der Waals surface area (Å²) in [6.45, 7) is 0. The van der Waals surface area contributed by atoms with Crippen molar-refractivity contribution in [3.63, 3.8) is 0 Å². The summed E-state index contributed by atoms with van der Waals surface area (Å²) in [4.78, 5) is 18.0. The van der Waals surface area contributed by atoms with Crippen LogP contribution in [0.5, 0.6) is 0 Å². The van der Waals surface area contributed by atoms with Gasteiger partial charge in [0.15, 0.2) is 11.2 Å². The molecule has 0 saturated carbocycles. The normalized spacial score (nSPS) is 13.7. The second kappa shape index (κ2) is 13.0. The molecule has 6 heteroatoms. The molecule has 0 amide bonds. The summed E-state index contributed by atoms with van der Waals surface area (Å²) in [6, 6.07) is 70.0. The Morgan fingerprint density at radius 2 is 0.768 bits per heavy atom. The number of nitrogens with zero attached hydrogens (tertiary/aromatic N) is 3. The van der Waals surface area contributed by atoms with Crippen LogP contribution in [0.2, 0.25) is 0 Å². The van der Waals surface area contributed by atoms with E-state index in [1.807, 2.05) is 78.9 Å². The second-order valence-electron chi connectivity index (χ2n) is 13.7. The molecule has 1 aliphatic heterocycles. The van der Waals surface area contributed by atoms with Crippen molar-refractivity contribution in [2.75, 3.05) is 4.90 Å². The van der Waals surface area contributed by atoms with Crippen LogP contribution in [0.1, 0.15) is 0 Å². The number of para-hydroxylation sites is 2. The van der Waals surface area contributed by atoms with E-state index >= 15 is 0 Å². The molecule has 2 aromatic heterocycles. The summed E-state index contributed by atoms with van der Waals surface area (Å²) >= 11 is 0. The fourth-order valence-corrected chi connectivity index (χ4v) is 12.4. The molecular formula is C50H33N3O2S. The first-order chi connectivity index (χ1) is 27.8.